The van der Waals surface area contributed by atoms with E-state index in [-0.39, 0.29) is 11.9 Å². The SMILES string of the molecule is NCCCOc1ccc(C(=O)N2CC[C@@H]2c2cccs2)cc1. The Hall–Kier alpha value is -1.85. The van der Waals surface area contributed by atoms with Gasteiger partial charge in [0.15, 0.2) is 0 Å². The number of nitrogens with zero attached hydrogens (tertiary/aromatic N) is 1. The first-order valence-electron chi connectivity index (χ1n) is 7.57. The highest BCUT2D eigenvalue weighted by Crippen LogP contribution is 2.36. The average molecular weight is 316 g/mol. The van der Waals surface area contributed by atoms with Crippen molar-refractivity contribution < 1.29 is 9.53 Å². The molecule has 1 aromatic carbocycles. The Kier molecular flexibility index (Phi) is 4.75. The molecule has 3 rings (SSSR count). The number of hydrogen-bond acceptors (Lipinski definition) is 4. The van der Waals surface area contributed by atoms with Gasteiger partial charge in [0.2, 0.25) is 0 Å². The number of amides is 1. The van der Waals surface area contributed by atoms with Crippen molar-refractivity contribution in [3.05, 3.63) is 52.2 Å². The maximum absolute atomic E-state index is 12.6. The van der Waals surface area contributed by atoms with E-state index >= 15 is 0 Å². The van der Waals surface area contributed by atoms with Gasteiger partial charge in [-0.1, -0.05) is 6.07 Å². The second-order valence-corrected chi connectivity index (χ2v) is 6.31. The summed E-state index contributed by atoms with van der Waals surface area (Å²) in [7, 11) is 0. The summed E-state index contributed by atoms with van der Waals surface area (Å²) < 4.78 is 5.56. The fourth-order valence-electron chi connectivity index (χ4n) is 2.54. The highest BCUT2D eigenvalue weighted by Gasteiger charge is 2.34. The molecule has 116 valence electrons. The second-order valence-electron chi connectivity index (χ2n) is 5.33. The van der Waals surface area contributed by atoms with E-state index < -0.39 is 0 Å². The molecule has 2 heterocycles. The van der Waals surface area contributed by atoms with E-state index in [9.17, 15) is 4.79 Å². The summed E-state index contributed by atoms with van der Waals surface area (Å²) in [6, 6.07) is 11.8. The van der Waals surface area contributed by atoms with Crippen molar-refractivity contribution in [2.45, 2.75) is 18.9 Å². The summed E-state index contributed by atoms with van der Waals surface area (Å²) in [5.41, 5.74) is 6.15. The summed E-state index contributed by atoms with van der Waals surface area (Å²) in [5, 5.41) is 2.06. The number of carbonyl (C=O) groups excluding carboxylic acids is 1. The van der Waals surface area contributed by atoms with Gasteiger partial charge in [-0.3, -0.25) is 4.79 Å². The molecule has 0 unspecified atom stereocenters. The number of ether oxygens (including phenoxy) is 1. The predicted octanol–water partition coefficient (Wildman–Crippen LogP) is 3.06. The molecule has 4 nitrogen and oxygen atoms in total. The minimum atomic E-state index is 0.0955. The van der Waals surface area contributed by atoms with Crippen LogP contribution in [0.4, 0.5) is 0 Å². The average Bonchev–Trinajstić information content (AvgIpc) is 3.01. The van der Waals surface area contributed by atoms with Crippen LogP contribution >= 0.6 is 11.3 Å². The van der Waals surface area contributed by atoms with E-state index in [1.807, 2.05) is 35.2 Å². The highest BCUT2D eigenvalue weighted by atomic mass is 32.1. The molecule has 1 aromatic heterocycles. The molecule has 1 amide bonds. The Morgan fingerprint density at radius 2 is 2.14 bits per heavy atom. The Morgan fingerprint density at radius 3 is 2.73 bits per heavy atom. The molecule has 0 aliphatic carbocycles. The standard InChI is InChI=1S/C17H20N2O2S/c18-9-2-11-21-14-6-4-13(5-7-14)17(20)19-10-8-15(19)16-3-1-12-22-16/h1,3-7,12,15H,2,8-11,18H2/t15-/m1/s1. The van der Waals surface area contributed by atoms with Gasteiger partial charge in [0.25, 0.3) is 5.91 Å². The molecule has 1 fully saturated rings. The van der Waals surface area contributed by atoms with Crippen LogP contribution in [-0.2, 0) is 0 Å². The summed E-state index contributed by atoms with van der Waals surface area (Å²) in [6.45, 7) is 2.06. The van der Waals surface area contributed by atoms with Crippen LogP contribution in [0.3, 0.4) is 0 Å². The largest absolute Gasteiger partial charge is 0.494 e. The highest BCUT2D eigenvalue weighted by molar-refractivity contribution is 7.10. The van der Waals surface area contributed by atoms with Gasteiger partial charge in [-0.05, 0) is 55.1 Å². The third kappa shape index (κ3) is 3.15. The topological polar surface area (TPSA) is 55.6 Å². The van der Waals surface area contributed by atoms with Crippen LogP contribution in [0.1, 0.15) is 34.1 Å². The lowest BCUT2D eigenvalue weighted by Crippen LogP contribution is -2.44. The van der Waals surface area contributed by atoms with Gasteiger partial charge in [-0.15, -0.1) is 11.3 Å². The fraction of sp³-hybridized carbons (Fsp3) is 0.353. The van der Waals surface area contributed by atoms with Crippen LogP contribution in [0.25, 0.3) is 0 Å². The molecule has 0 saturated carbocycles. The van der Waals surface area contributed by atoms with Crippen LogP contribution in [0.15, 0.2) is 41.8 Å². The minimum absolute atomic E-state index is 0.0955. The van der Waals surface area contributed by atoms with Crippen LogP contribution in [0.2, 0.25) is 0 Å². The van der Waals surface area contributed by atoms with E-state index in [0.717, 1.165) is 25.1 Å². The number of rotatable bonds is 6. The number of thiophene rings is 1. The molecule has 2 aromatic rings. The van der Waals surface area contributed by atoms with Gasteiger partial charge in [0.05, 0.1) is 12.6 Å². The molecular weight excluding hydrogens is 296 g/mol. The number of carbonyl (C=O) groups is 1. The van der Waals surface area contributed by atoms with Gasteiger partial charge in [-0.25, -0.2) is 0 Å². The monoisotopic (exact) mass is 316 g/mol. The maximum Gasteiger partial charge on any atom is 0.254 e. The van der Waals surface area contributed by atoms with Crippen molar-refractivity contribution in [2.24, 2.45) is 5.73 Å². The van der Waals surface area contributed by atoms with E-state index in [1.54, 1.807) is 11.3 Å². The maximum atomic E-state index is 12.6. The number of likely N-dealkylation sites (tertiary alicyclic amines) is 1. The lowest BCUT2D eigenvalue weighted by Gasteiger charge is -2.40. The Bertz CT molecular complexity index is 610. The van der Waals surface area contributed by atoms with Crippen molar-refractivity contribution in [1.29, 1.82) is 0 Å². The summed E-state index contributed by atoms with van der Waals surface area (Å²) >= 11 is 1.71. The number of hydrogen-bond donors (Lipinski definition) is 1. The van der Waals surface area contributed by atoms with Gasteiger partial charge < -0.3 is 15.4 Å². The predicted molar refractivity (Wildman–Crippen MR) is 88.3 cm³/mol. The third-order valence-corrected chi connectivity index (χ3v) is 4.84. The zero-order chi connectivity index (χ0) is 15.4. The summed E-state index contributed by atoms with van der Waals surface area (Å²) in [6.07, 6.45) is 1.88. The zero-order valence-electron chi connectivity index (χ0n) is 12.4. The van der Waals surface area contributed by atoms with Crippen LogP contribution in [0.5, 0.6) is 5.75 Å². The third-order valence-electron chi connectivity index (χ3n) is 3.87. The molecular formula is C17H20N2O2S. The quantitative estimate of drug-likeness (QED) is 0.833. The molecule has 1 aliphatic heterocycles. The normalized spacial score (nSPS) is 17.1. The first kappa shape index (κ1) is 15.1. The van der Waals surface area contributed by atoms with Crippen LogP contribution in [-0.4, -0.2) is 30.5 Å². The van der Waals surface area contributed by atoms with Gasteiger partial charge >= 0.3 is 0 Å². The van der Waals surface area contributed by atoms with Crippen molar-refractivity contribution in [3.63, 3.8) is 0 Å². The molecule has 0 bridgehead atoms. The second kappa shape index (κ2) is 6.94. The molecule has 5 heteroatoms. The summed E-state index contributed by atoms with van der Waals surface area (Å²) in [4.78, 5) is 15.8. The summed E-state index contributed by atoms with van der Waals surface area (Å²) in [5.74, 6) is 0.876. The molecule has 1 atom stereocenters. The smallest absolute Gasteiger partial charge is 0.254 e. The molecule has 2 N–H and O–H groups in total. The van der Waals surface area contributed by atoms with Gasteiger partial charge in [0, 0.05) is 17.0 Å². The van der Waals surface area contributed by atoms with Crippen LogP contribution < -0.4 is 10.5 Å². The fourth-order valence-corrected chi connectivity index (χ4v) is 3.41. The number of benzene rings is 1. The van der Waals surface area contributed by atoms with Crippen molar-refractivity contribution in [1.82, 2.24) is 4.90 Å². The first-order chi connectivity index (χ1) is 10.8. The molecule has 0 radical (unpaired) electrons. The Morgan fingerprint density at radius 1 is 1.32 bits per heavy atom. The van der Waals surface area contributed by atoms with Crippen molar-refractivity contribution in [3.8, 4) is 5.75 Å². The zero-order valence-corrected chi connectivity index (χ0v) is 13.2. The molecule has 1 aliphatic rings. The first-order valence-corrected chi connectivity index (χ1v) is 8.45. The van der Waals surface area contributed by atoms with Gasteiger partial charge in [-0.2, -0.15) is 0 Å². The Labute approximate surface area is 134 Å². The molecule has 0 spiro atoms. The van der Waals surface area contributed by atoms with Gasteiger partial charge in [0.1, 0.15) is 5.75 Å². The van der Waals surface area contributed by atoms with Crippen molar-refractivity contribution >= 4 is 17.2 Å². The lowest BCUT2D eigenvalue weighted by atomic mass is 9.99. The molecule has 1 saturated heterocycles. The van der Waals surface area contributed by atoms with E-state index in [0.29, 0.717) is 18.7 Å². The minimum Gasteiger partial charge on any atom is -0.494 e. The van der Waals surface area contributed by atoms with Crippen LogP contribution in [0, 0.1) is 0 Å². The lowest BCUT2D eigenvalue weighted by molar-refractivity contribution is 0.0468. The number of nitrogens with two attached hydrogens (primary N) is 1. The van der Waals surface area contributed by atoms with Crippen molar-refractivity contribution in [2.75, 3.05) is 19.7 Å². The van der Waals surface area contributed by atoms with E-state index in [2.05, 4.69) is 11.4 Å². The van der Waals surface area contributed by atoms with E-state index in [4.69, 9.17) is 10.5 Å². The molecule has 22 heavy (non-hydrogen) atoms. The Balaban J connectivity index is 1.63. The van der Waals surface area contributed by atoms with E-state index in [1.165, 1.54) is 4.88 Å².